The number of nitrogens with one attached hydrogen (secondary N) is 1. The lowest BCUT2D eigenvalue weighted by Gasteiger charge is -2.26. The molecule has 0 unspecified atom stereocenters. The van der Waals surface area contributed by atoms with Gasteiger partial charge in [-0.15, -0.1) is 10.2 Å². The molecule has 3 nitrogen and oxygen atoms in total. The maximum absolute atomic E-state index is 4.33. The summed E-state index contributed by atoms with van der Waals surface area (Å²) in [5, 5.41) is 11.8. The van der Waals surface area contributed by atoms with Gasteiger partial charge in [-0.05, 0) is 48.9 Å². The first-order chi connectivity index (χ1) is 9.86. The zero-order chi connectivity index (χ0) is 13.8. The first-order valence-electron chi connectivity index (χ1n) is 7.55. The lowest BCUT2D eigenvalue weighted by Crippen LogP contribution is -2.08. The minimum atomic E-state index is 0.758. The van der Waals surface area contributed by atoms with Crippen LogP contribution in [0.4, 0.5) is 5.82 Å². The molecular formula is C17H21N3. The van der Waals surface area contributed by atoms with Crippen molar-refractivity contribution in [1.82, 2.24) is 10.2 Å². The fourth-order valence-electron chi connectivity index (χ4n) is 2.53. The number of hydrogen-bond acceptors (Lipinski definition) is 3. The van der Waals surface area contributed by atoms with Gasteiger partial charge in [-0.2, -0.15) is 0 Å². The maximum Gasteiger partial charge on any atom is 0.148 e. The Morgan fingerprint density at radius 3 is 2.70 bits per heavy atom. The van der Waals surface area contributed by atoms with Gasteiger partial charge in [0.2, 0.25) is 0 Å². The molecule has 1 heterocycles. The van der Waals surface area contributed by atoms with Crippen LogP contribution in [0.15, 0.2) is 36.4 Å². The number of rotatable bonds is 5. The minimum absolute atomic E-state index is 0.758. The molecule has 1 aliphatic carbocycles. The van der Waals surface area contributed by atoms with Gasteiger partial charge in [0.1, 0.15) is 5.82 Å². The first-order valence-corrected chi connectivity index (χ1v) is 7.55. The molecule has 104 valence electrons. The van der Waals surface area contributed by atoms with Crippen LogP contribution in [0, 0.1) is 0 Å². The number of aromatic nitrogens is 2. The van der Waals surface area contributed by atoms with Gasteiger partial charge in [0, 0.05) is 12.1 Å². The fourth-order valence-corrected chi connectivity index (χ4v) is 2.53. The summed E-state index contributed by atoms with van der Waals surface area (Å²) in [6.45, 7) is 3.08. The lowest BCUT2D eigenvalue weighted by molar-refractivity contribution is 0.420. The van der Waals surface area contributed by atoms with E-state index in [4.69, 9.17) is 0 Å². The third kappa shape index (κ3) is 2.82. The van der Waals surface area contributed by atoms with E-state index in [1.807, 2.05) is 12.1 Å². The van der Waals surface area contributed by atoms with Crippen molar-refractivity contribution in [3.63, 3.8) is 0 Å². The van der Waals surface area contributed by atoms with Crippen LogP contribution in [-0.2, 0) is 0 Å². The second-order valence-electron chi connectivity index (χ2n) is 5.48. The highest BCUT2D eigenvalue weighted by molar-refractivity contribution is 5.60. The summed E-state index contributed by atoms with van der Waals surface area (Å²) in [4.78, 5) is 0. The topological polar surface area (TPSA) is 37.8 Å². The van der Waals surface area contributed by atoms with Gasteiger partial charge in [-0.3, -0.25) is 0 Å². The molecule has 0 saturated heterocycles. The molecule has 0 bridgehead atoms. The van der Waals surface area contributed by atoms with Crippen LogP contribution in [-0.4, -0.2) is 16.7 Å². The smallest absolute Gasteiger partial charge is 0.148 e. The van der Waals surface area contributed by atoms with Crippen LogP contribution < -0.4 is 5.32 Å². The van der Waals surface area contributed by atoms with Gasteiger partial charge in [0.15, 0.2) is 0 Å². The van der Waals surface area contributed by atoms with E-state index in [1.165, 1.54) is 30.4 Å². The lowest BCUT2D eigenvalue weighted by atomic mass is 9.79. The third-order valence-electron chi connectivity index (χ3n) is 3.98. The van der Waals surface area contributed by atoms with Crippen molar-refractivity contribution in [3.05, 3.63) is 42.0 Å². The van der Waals surface area contributed by atoms with E-state index in [0.717, 1.165) is 30.4 Å². The summed E-state index contributed by atoms with van der Waals surface area (Å²) in [6.07, 6.45) is 5.11. The Balaban J connectivity index is 1.77. The molecule has 0 spiro atoms. The summed E-state index contributed by atoms with van der Waals surface area (Å²) in [5.41, 5.74) is 3.57. The Kier molecular flexibility index (Phi) is 3.95. The number of hydrogen-bond donors (Lipinski definition) is 1. The standard InChI is InChI=1S/C17H21N3/c1-2-11-18-17-10-9-16(19-20-17)15-8-4-7-14(12-15)13-5-3-6-13/h4,7-10,12-13H,2-3,5-6,11H2,1H3,(H,18,20). The molecule has 1 fully saturated rings. The monoisotopic (exact) mass is 267 g/mol. The van der Waals surface area contributed by atoms with Crippen LogP contribution in [0.1, 0.15) is 44.1 Å². The van der Waals surface area contributed by atoms with Crippen molar-refractivity contribution in [1.29, 1.82) is 0 Å². The fraction of sp³-hybridized carbons (Fsp3) is 0.412. The van der Waals surface area contributed by atoms with Crippen LogP contribution in [0.5, 0.6) is 0 Å². The van der Waals surface area contributed by atoms with E-state index in [2.05, 4.69) is 46.7 Å². The summed E-state index contributed by atoms with van der Waals surface area (Å²) >= 11 is 0. The minimum Gasteiger partial charge on any atom is -0.369 e. The van der Waals surface area contributed by atoms with Crippen molar-refractivity contribution in [2.24, 2.45) is 0 Å². The molecule has 0 atom stereocenters. The Morgan fingerprint density at radius 1 is 1.15 bits per heavy atom. The maximum atomic E-state index is 4.33. The van der Waals surface area contributed by atoms with Crippen molar-refractivity contribution >= 4 is 5.82 Å². The Labute approximate surface area is 120 Å². The highest BCUT2D eigenvalue weighted by atomic mass is 15.2. The molecule has 20 heavy (non-hydrogen) atoms. The van der Waals surface area contributed by atoms with E-state index < -0.39 is 0 Å². The summed E-state index contributed by atoms with van der Waals surface area (Å²) < 4.78 is 0. The van der Waals surface area contributed by atoms with Gasteiger partial charge < -0.3 is 5.32 Å². The average molecular weight is 267 g/mol. The molecule has 0 aliphatic heterocycles. The van der Waals surface area contributed by atoms with Gasteiger partial charge in [0.05, 0.1) is 5.69 Å². The number of anilines is 1. The van der Waals surface area contributed by atoms with E-state index in [1.54, 1.807) is 0 Å². The molecule has 1 N–H and O–H groups in total. The molecule has 1 aromatic carbocycles. The van der Waals surface area contributed by atoms with Crippen LogP contribution in [0.2, 0.25) is 0 Å². The molecule has 3 heteroatoms. The molecule has 0 radical (unpaired) electrons. The average Bonchev–Trinajstić information content (AvgIpc) is 2.44. The molecule has 1 aromatic heterocycles. The molecule has 0 amide bonds. The second-order valence-corrected chi connectivity index (χ2v) is 5.48. The predicted molar refractivity (Wildman–Crippen MR) is 82.8 cm³/mol. The molecule has 2 aromatic rings. The largest absolute Gasteiger partial charge is 0.369 e. The summed E-state index contributed by atoms with van der Waals surface area (Å²) in [7, 11) is 0. The number of benzene rings is 1. The van der Waals surface area contributed by atoms with Crippen molar-refractivity contribution < 1.29 is 0 Å². The van der Waals surface area contributed by atoms with Gasteiger partial charge >= 0.3 is 0 Å². The van der Waals surface area contributed by atoms with Crippen molar-refractivity contribution in [2.75, 3.05) is 11.9 Å². The van der Waals surface area contributed by atoms with Gasteiger partial charge in [0.25, 0.3) is 0 Å². The molecular weight excluding hydrogens is 246 g/mol. The highest BCUT2D eigenvalue weighted by Gasteiger charge is 2.19. The van der Waals surface area contributed by atoms with Gasteiger partial charge in [-0.1, -0.05) is 31.5 Å². The first kappa shape index (κ1) is 13.1. The van der Waals surface area contributed by atoms with Crippen molar-refractivity contribution in [2.45, 2.75) is 38.5 Å². The van der Waals surface area contributed by atoms with Crippen molar-refractivity contribution in [3.8, 4) is 11.3 Å². The number of nitrogens with zero attached hydrogens (tertiary/aromatic N) is 2. The highest BCUT2D eigenvalue weighted by Crippen LogP contribution is 2.37. The normalized spacial score (nSPS) is 14.8. The Bertz CT molecular complexity index is 559. The van der Waals surface area contributed by atoms with E-state index in [0.29, 0.717) is 0 Å². The predicted octanol–water partition coefficient (Wildman–Crippen LogP) is 4.23. The van der Waals surface area contributed by atoms with E-state index in [-0.39, 0.29) is 0 Å². The van der Waals surface area contributed by atoms with Crippen LogP contribution in [0.3, 0.4) is 0 Å². The zero-order valence-electron chi connectivity index (χ0n) is 12.0. The SMILES string of the molecule is CCCNc1ccc(-c2cccc(C3CCC3)c2)nn1. The quantitative estimate of drug-likeness (QED) is 0.880. The summed E-state index contributed by atoms with van der Waals surface area (Å²) in [5.74, 6) is 1.61. The molecule has 1 saturated carbocycles. The summed E-state index contributed by atoms with van der Waals surface area (Å²) in [6, 6.07) is 12.8. The second kappa shape index (κ2) is 6.04. The molecule has 1 aliphatic rings. The Morgan fingerprint density at radius 2 is 2.05 bits per heavy atom. The van der Waals surface area contributed by atoms with Crippen LogP contribution in [0.25, 0.3) is 11.3 Å². The Hall–Kier alpha value is -1.90. The third-order valence-corrected chi connectivity index (χ3v) is 3.98. The van der Waals surface area contributed by atoms with Crippen LogP contribution >= 0.6 is 0 Å². The van der Waals surface area contributed by atoms with Gasteiger partial charge in [-0.25, -0.2) is 0 Å². The van der Waals surface area contributed by atoms with E-state index in [9.17, 15) is 0 Å². The van der Waals surface area contributed by atoms with E-state index >= 15 is 0 Å². The molecule has 3 rings (SSSR count). The zero-order valence-corrected chi connectivity index (χ0v) is 12.0.